The van der Waals surface area contributed by atoms with Crippen LogP contribution in [0.3, 0.4) is 0 Å². The van der Waals surface area contributed by atoms with Crippen LogP contribution in [0, 0.1) is 29.1 Å². The zero-order valence-electron chi connectivity index (χ0n) is 15.5. The molecule has 2 N–H and O–H groups in total. The Balaban J connectivity index is 0. The van der Waals surface area contributed by atoms with E-state index in [1.165, 1.54) is 19.3 Å². The number of nitrogens with two attached hydrogens (primary N) is 1. The molecule has 0 bridgehead atoms. The zero-order valence-corrected chi connectivity index (χ0v) is 16.4. The Kier molecular flexibility index (Phi) is 18.8. The van der Waals surface area contributed by atoms with Crippen LogP contribution in [0.25, 0.3) is 0 Å². The monoisotopic (exact) mass is 332 g/mol. The number of hydrogen-bond donors (Lipinski definition) is 1. The summed E-state index contributed by atoms with van der Waals surface area (Å²) < 4.78 is 10.6. The van der Waals surface area contributed by atoms with Gasteiger partial charge in [0.05, 0.1) is 25.7 Å². The van der Waals surface area contributed by atoms with Crippen molar-refractivity contribution in [3.63, 3.8) is 0 Å². The van der Waals surface area contributed by atoms with Gasteiger partial charge in [0.15, 0.2) is 0 Å². The molecule has 0 saturated carbocycles. The fraction of sp³-hybridized carbons (Fsp3) is 0.941. The average Bonchev–Trinajstić information content (AvgIpc) is 2.48. The molecule has 0 radical (unpaired) electrons. The van der Waals surface area contributed by atoms with Crippen molar-refractivity contribution < 1.29 is 9.05 Å². The summed E-state index contributed by atoms with van der Waals surface area (Å²) in [4.78, 5) is 0. The van der Waals surface area contributed by atoms with E-state index in [0.29, 0.717) is 25.6 Å². The van der Waals surface area contributed by atoms with Gasteiger partial charge < -0.3 is 9.05 Å². The molecule has 4 nitrogen and oxygen atoms in total. The van der Waals surface area contributed by atoms with Gasteiger partial charge in [0, 0.05) is 0 Å². The van der Waals surface area contributed by atoms with Gasteiger partial charge in [0.1, 0.15) is 0 Å². The molecular weight excluding hydrogens is 295 g/mol. The summed E-state index contributed by atoms with van der Waals surface area (Å²) in [5.74, 6) is 2.28. The first kappa shape index (κ1) is 24.1. The second-order valence-corrected chi connectivity index (χ2v) is 7.31. The molecule has 0 aromatic rings. The van der Waals surface area contributed by atoms with Gasteiger partial charge in [-0.1, -0.05) is 60.8 Å². The molecule has 132 valence electrons. The van der Waals surface area contributed by atoms with Crippen molar-refractivity contribution >= 4 is 8.53 Å². The Morgan fingerprint density at radius 2 is 1.68 bits per heavy atom. The van der Waals surface area contributed by atoms with Gasteiger partial charge in [-0.05, 0) is 24.2 Å². The van der Waals surface area contributed by atoms with Crippen LogP contribution in [-0.2, 0) is 9.05 Å². The minimum Gasteiger partial charge on any atom is -0.322 e. The minimum atomic E-state index is -1.30. The number of hydrogen-bond acceptors (Lipinski definition) is 4. The molecule has 0 heterocycles. The number of nitriles is 1. The first-order valence-electron chi connectivity index (χ1n) is 8.56. The lowest BCUT2D eigenvalue weighted by molar-refractivity contribution is 0.207. The van der Waals surface area contributed by atoms with Crippen LogP contribution >= 0.6 is 8.53 Å². The van der Waals surface area contributed by atoms with Gasteiger partial charge in [-0.15, -0.1) is 0 Å². The Hall–Kier alpha value is -0.200. The van der Waals surface area contributed by atoms with Crippen LogP contribution in [-0.4, -0.2) is 13.2 Å². The molecule has 22 heavy (non-hydrogen) atoms. The summed E-state index contributed by atoms with van der Waals surface area (Å²) in [6, 6.07) is 2.00. The summed E-state index contributed by atoms with van der Waals surface area (Å²) in [7, 11) is -1.30. The topological polar surface area (TPSA) is 68.3 Å². The summed E-state index contributed by atoms with van der Waals surface area (Å²) in [6.07, 6.45) is 5.12. The van der Waals surface area contributed by atoms with Crippen molar-refractivity contribution in [2.75, 3.05) is 13.2 Å². The molecule has 0 aliphatic heterocycles. The maximum absolute atomic E-state index is 8.33. The average molecular weight is 332 g/mol. The summed E-state index contributed by atoms with van der Waals surface area (Å²) in [5.41, 5.74) is 5.66. The third-order valence-electron chi connectivity index (χ3n) is 3.75. The van der Waals surface area contributed by atoms with Gasteiger partial charge in [0.25, 0.3) is 8.53 Å². The van der Waals surface area contributed by atoms with E-state index in [0.717, 1.165) is 18.3 Å². The van der Waals surface area contributed by atoms with E-state index < -0.39 is 8.53 Å². The molecule has 0 spiro atoms. The molecule has 0 aromatic carbocycles. The molecule has 0 aliphatic rings. The molecule has 0 fully saturated rings. The summed E-state index contributed by atoms with van der Waals surface area (Å²) in [5, 5.41) is 8.33. The first-order chi connectivity index (χ1) is 10.4. The lowest BCUT2D eigenvalue weighted by Gasteiger charge is -2.17. The first-order valence-corrected chi connectivity index (χ1v) is 9.81. The molecular formula is C17H37N2O2P. The van der Waals surface area contributed by atoms with Gasteiger partial charge in [-0.3, -0.25) is 5.50 Å². The second-order valence-electron chi connectivity index (χ2n) is 6.23. The number of nitrogens with zero attached hydrogens (tertiary/aromatic N) is 1. The summed E-state index contributed by atoms with van der Waals surface area (Å²) in [6.45, 7) is 14.4. The smallest absolute Gasteiger partial charge is 0.252 e. The Morgan fingerprint density at radius 1 is 1.09 bits per heavy atom. The van der Waals surface area contributed by atoms with E-state index in [1.54, 1.807) is 0 Å². The van der Waals surface area contributed by atoms with Crippen molar-refractivity contribution in [1.29, 1.82) is 5.26 Å². The normalized spacial score (nSPS) is 13.5. The highest BCUT2D eigenvalue weighted by Gasteiger charge is 2.10. The Bertz CT molecular complexity index is 262. The highest BCUT2D eigenvalue weighted by atomic mass is 31.2. The van der Waals surface area contributed by atoms with E-state index in [1.807, 2.05) is 6.07 Å². The lowest BCUT2D eigenvalue weighted by Crippen LogP contribution is -2.10. The SMILES string of the molecule is CC(C)C(C)C.CCCCC(CC)COP(N)OCCC#N. The molecule has 0 saturated heterocycles. The van der Waals surface area contributed by atoms with Crippen LogP contribution in [0.2, 0.25) is 0 Å². The summed E-state index contributed by atoms with van der Waals surface area (Å²) >= 11 is 0. The molecule has 5 heteroatoms. The van der Waals surface area contributed by atoms with Crippen LogP contribution in [0.1, 0.15) is 73.6 Å². The van der Waals surface area contributed by atoms with Gasteiger partial charge >= 0.3 is 0 Å². The lowest BCUT2D eigenvalue weighted by atomic mass is 10.0. The number of rotatable bonds is 11. The van der Waals surface area contributed by atoms with Gasteiger partial charge in [0.2, 0.25) is 0 Å². The fourth-order valence-electron chi connectivity index (χ4n) is 1.30. The molecule has 0 aliphatic carbocycles. The molecule has 2 atom stereocenters. The van der Waals surface area contributed by atoms with Gasteiger partial charge in [-0.25, -0.2) is 0 Å². The largest absolute Gasteiger partial charge is 0.322 e. The minimum absolute atomic E-state index is 0.366. The van der Waals surface area contributed by atoms with Crippen molar-refractivity contribution in [2.45, 2.75) is 73.6 Å². The Morgan fingerprint density at radius 3 is 2.09 bits per heavy atom. The maximum atomic E-state index is 8.33. The van der Waals surface area contributed by atoms with Crippen molar-refractivity contribution in [1.82, 2.24) is 0 Å². The van der Waals surface area contributed by atoms with Crippen LogP contribution in [0.5, 0.6) is 0 Å². The van der Waals surface area contributed by atoms with E-state index in [9.17, 15) is 0 Å². The van der Waals surface area contributed by atoms with Crippen molar-refractivity contribution in [3.05, 3.63) is 0 Å². The Labute approximate surface area is 139 Å². The second kappa shape index (κ2) is 17.2. The molecule has 0 rings (SSSR count). The van der Waals surface area contributed by atoms with E-state index in [4.69, 9.17) is 19.8 Å². The molecule has 0 amide bonds. The highest BCUT2D eigenvalue weighted by Crippen LogP contribution is 2.30. The van der Waals surface area contributed by atoms with E-state index in [2.05, 4.69) is 41.5 Å². The van der Waals surface area contributed by atoms with Gasteiger partial charge in [-0.2, -0.15) is 5.26 Å². The van der Waals surface area contributed by atoms with E-state index in [-0.39, 0.29) is 0 Å². The number of unbranched alkanes of at least 4 members (excludes halogenated alkanes) is 1. The standard InChI is InChI=1S/C11H23N2O2P.C6H14/c1-3-5-7-11(4-2)10-15-16(13)14-9-6-8-12;1-5(2)6(3)4/h11H,3-7,9-10,13H2,1-2H3;5-6H,1-4H3. The maximum Gasteiger partial charge on any atom is 0.252 e. The van der Waals surface area contributed by atoms with Crippen molar-refractivity contribution in [2.24, 2.45) is 23.3 Å². The fourth-order valence-corrected chi connectivity index (χ4v) is 2.00. The van der Waals surface area contributed by atoms with Crippen molar-refractivity contribution in [3.8, 4) is 6.07 Å². The predicted octanol–water partition coefficient (Wildman–Crippen LogP) is 5.63. The highest BCUT2D eigenvalue weighted by molar-refractivity contribution is 7.44. The predicted molar refractivity (Wildman–Crippen MR) is 96.2 cm³/mol. The third-order valence-corrected chi connectivity index (χ3v) is 4.59. The van der Waals surface area contributed by atoms with Crippen LogP contribution in [0.4, 0.5) is 0 Å². The van der Waals surface area contributed by atoms with E-state index >= 15 is 0 Å². The zero-order chi connectivity index (χ0) is 17.4. The third kappa shape index (κ3) is 17.9. The van der Waals surface area contributed by atoms with Crippen LogP contribution in [0.15, 0.2) is 0 Å². The molecule has 0 aromatic heterocycles. The molecule has 2 unspecified atom stereocenters. The quantitative estimate of drug-likeness (QED) is 0.393. The van der Waals surface area contributed by atoms with Crippen LogP contribution < -0.4 is 5.50 Å².